The number of rotatable bonds is 14. The number of aliphatic imine (C=N–C) groups is 1. The summed E-state index contributed by atoms with van der Waals surface area (Å²) in [5.41, 5.74) is 10.5. The van der Waals surface area contributed by atoms with E-state index < -0.39 is 29.9 Å². The van der Waals surface area contributed by atoms with E-state index in [2.05, 4.69) is 20.9 Å². The van der Waals surface area contributed by atoms with Crippen LogP contribution < -0.4 is 27.4 Å². The van der Waals surface area contributed by atoms with E-state index >= 15 is 0 Å². The van der Waals surface area contributed by atoms with E-state index in [4.69, 9.17) is 11.5 Å². The normalized spacial score (nSPS) is 13.8. The third-order valence-corrected chi connectivity index (χ3v) is 4.20. The van der Waals surface area contributed by atoms with Crippen LogP contribution in [0.3, 0.4) is 0 Å². The summed E-state index contributed by atoms with van der Waals surface area (Å²) in [4.78, 5) is 52.1. The second-order valence-corrected chi connectivity index (χ2v) is 8.27. The molecule has 3 atom stereocenters. The molecule has 0 fully saturated rings. The van der Waals surface area contributed by atoms with Gasteiger partial charge in [-0.3, -0.25) is 19.4 Å². The molecule has 0 rings (SSSR count). The summed E-state index contributed by atoms with van der Waals surface area (Å²) in [7, 11) is 0. The van der Waals surface area contributed by atoms with Gasteiger partial charge in [-0.15, -0.1) is 0 Å². The summed E-state index contributed by atoms with van der Waals surface area (Å²) < 4.78 is 0. The Balaban J connectivity index is 5.10. The van der Waals surface area contributed by atoms with Crippen molar-refractivity contribution in [3.63, 3.8) is 0 Å². The van der Waals surface area contributed by atoms with Gasteiger partial charge in [-0.1, -0.05) is 27.7 Å². The summed E-state index contributed by atoms with van der Waals surface area (Å²) >= 11 is 0. The number of amides is 3. The van der Waals surface area contributed by atoms with Gasteiger partial charge in [0.2, 0.25) is 17.7 Å². The molecule has 0 bridgehead atoms. The Bertz CT molecular complexity index is 602. The SMILES string of the molecule is CC(=O)N[C@H](CC(C)C)C(=O)N[C@@H](CC(C)C)C(=O)N[C@H](C=O)CCCN=C(N)N. The van der Waals surface area contributed by atoms with Gasteiger partial charge >= 0.3 is 0 Å². The van der Waals surface area contributed by atoms with Gasteiger partial charge in [-0.25, -0.2) is 0 Å². The number of nitrogens with one attached hydrogen (secondary N) is 3. The largest absolute Gasteiger partial charge is 0.370 e. The highest BCUT2D eigenvalue weighted by atomic mass is 16.2. The zero-order valence-corrected chi connectivity index (χ0v) is 18.7. The minimum atomic E-state index is -0.818. The first-order chi connectivity index (χ1) is 14.0. The molecule has 0 aromatic carbocycles. The van der Waals surface area contributed by atoms with Crippen LogP contribution in [0.15, 0.2) is 4.99 Å². The van der Waals surface area contributed by atoms with Crippen LogP contribution in [0.1, 0.15) is 60.3 Å². The molecule has 0 aromatic rings. The predicted molar refractivity (Wildman–Crippen MR) is 116 cm³/mol. The fourth-order valence-electron chi connectivity index (χ4n) is 2.90. The molecule has 0 spiro atoms. The van der Waals surface area contributed by atoms with Gasteiger partial charge in [0.05, 0.1) is 6.04 Å². The van der Waals surface area contributed by atoms with Crippen LogP contribution in [-0.4, -0.2) is 54.6 Å². The number of nitrogens with zero attached hydrogens (tertiary/aromatic N) is 1. The molecule has 0 aliphatic rings. The van der Waals surface area contributed by atoms with Crippen molar-refractivity contribution in [2.45, 2.75) is 78.4 Å². The van der Waals surface area contributed by atoms with Crippen LogP contribution in [0.2, 0.25) is 0 Å². The van der Waals surface area contributed by atoms with E-state index in [9.17, 15) is 19.2 Å². The maximum Gasteiger partial charge on any atom is 0.243 e. The van der Waals surface area contributed by atoms with E-state index in [1.165, 1.54) is 6.92 Å². The zero-order valence-electron chi connectivity index (χ0n) is 18.7. The Morgan fingerprint density at radius 1 is 0.900 bits per heavy atom. The van der Waals surface area contributed by atoms with Crippen LogP contribution in [0.25, 0.3) is 0 Å². The molecular weight excluding hydrogens is 388 g/mol. The van der Waals surface area contributed by atoms with Crippen molar-refractivity contribution in [2.75, 3.05) is 6.54 Å². The molecule has 7 N–H and O–H groups in total. The van der Waals surface area contributed by atoms with Crippen molar-refractivity contribution in [1.82, 2.24) is 16.0 Å². The highest BCUT2D eigenvalue weighted by Crippen LogP contribution is 2.09. The van der Waals surface area contributed by atoms with Crippen LogP contribution >= 0.6 is 0 Å². The number of guanidine groups is 1. The number of nitrogens with two attached hydrogens (primary N) is 2. The first-order valence-corrected chi connectivity index (χ1v) is 10.3. The summed E-state index contributed by atoms with van der Waals surface area (Å²) in [6, 6.07) is -2.26. The maximum absolute atomic E-state index is 12.8. The van der Waals surface area contributed by atoms with Gasteiger partial charge in [0.1, 0.15) is 18.4 Å². The van der Waals surface area contributed by atoms with Gasteiger partial charge in [0.25, 0.3) is 0 Å². The van der Waals surface area contributed by atoms with Crippen molar-refractivity contribution in [3.8, 4) is 0 Å². The Hall–Kier alpha value is -2.65. The predicted octanol–water partition coefficient (Wildman–Crippen LogP) is -0.195. The molecular formula is C20H38N6O4. The standard InChI is InChI=1S/C20H38N6O4/c1-12(2)9-16(24-14(5)28)19(30)26-17(10-13(3)4)18(29)25-15(11-27)7-6-8-23-20(21)22/h11-13,15-17H,6-10H2,1-5H3,(H,24,28)(H,25,29)(H,26,30)(H4,21,22,23)/t15-,16+,17-/m0/s1. The van der Waals surface area contributed by atoms with E-state index in [1.54, 1.807) is 0 Å². The van der Waals surface area contributed by atoms with Crippen molar-refractivity contribution in [2.24, 2.45) is 28.3 Å². The average Bonchev–Trinajstić information content (AvgIpc) is 2.61. The maximum atomic E-state index is 12.8. The molecule has 3 amide bonds. The third kappa shape index (κ3) is 12.7. The lowest BCUT2D eigenvalue weighted by Gasteiger charge is -2.25. The van der Waals surface area contributed by atoms with Gasteiger partial charge in [0.15, 0.2) is 5.96 Å². The second kappa shape index (κ2) is 14.4. The molecule has 172 valence electrons. The van der Waals surface area contributed by atoms with Crippen molar-refractivity contribution < 1.29 is 19.2 Å². The molecule has 10 nitrogen and oxygen atoms in total. The van der Waals surface area contributed by atoms with E-state index in [1.807, 2.05) is 27.7 Å². The molecule has 30 heavy (non-hydrogen) atoms. The first kappa shape index (κ1) is 27.4. The number of hydrogen-bond donors (Lipinski definition) is 5. The van der Waals surface area contributed by atoms with Crippen molar-refractivity contribution in [3.05, 3.63) is 0 Å². The fraction of sp³-hybridized carbons (Fsp3) is 0.750. The minimum Gasteiger partial charge on any atom is -0.370 e. The van der Waals surface area contributed by atoms with Crippen molar-refractivity contribution in [1.29, 1.82) is 0 Å². The lowest BCUT2D eigenvalue weighted by Crippen LogP contribution is -2.55. The molecule has 0 heterocycles. The second-order valence-electron chi connectivity index (χ2n) is 8.27. The molecule has 0 saturated carbocycles. The zero-order chi connectivity index (χ0) is 23.3. The van der Waals surface area contributed by atoms with Crippen LogP contribution in [0, 0.1) is 11.8 Å². The van der Waals surface area contributed by atoms with Crippen molar-refractivity contribution >= 4 is 30.0 Å². The number of aldehydes is 1. The summed E-state index contributed by atoms with van der Waals surface area (Å²) in [6.07, 6.45) is 2.38. The van der Waals surface area contributed by atoms with E-state index in [-0.39, 0.29) is 23.7 Å². The summed E-state index contributed by atoms with van der Waals surface area (Å²) in [5.74, 6) is -0.909. The van der Waals surface area contributed by atoms with Gasteiger partial charge in [-0.05, 0) is 37.5 Å². The highest BCUT2D eigenvalue weighted by molar-refractivity contribution is 5.92. The van der Waals surface area contributed by atoms with Gasteiger partial charge in [-0.2, -0.15) is 0 Å². The average molecular weight is 427 g/mol. The molecule has 0 aliphatic carbocycles. The molecule has 0 aromatic heterocycles. The lowest BCUT2D eigenvalue weighted by atomic mass is 9.99. The van der Waals surface area contributed by atoms with Crippen LogP contribution in [0.4, 0.5) is 0 Å². The highest BCUT2D eigenvalue weighted by Gasteiger charge is 2.28. The van der Waals surface area contributed by atoms with Crippen LogP contribution in [-0.2, 0) is 19.2 Å². The molecule has 0 radical (unpaired) electrons. The molecule has 0 unspecified atom stereocenters. The topological polar surface area (TPSA) is 169 Å². The summed E-state index contributed by atoms with van der Waals surface area (Å²) in [5, 5.41) is 8.03. The molecule has 10 heteroatoms. The number of carbonyl (C=O) groups is 4. The van der Waals surface area contributed by atoms with Gasteiger partial charge in [0, 0.05) is 13.5 Å². The Labute approximate surface area is 179 Å². The lowest BCUT2D eigenvalue weighted by molar-refractivity contribution is -0.133. The molecule has 0 aliphatic heterocycles. The Morgan fingerprint density at radius 2 is 1.40 bits per heavy atom. The first-order valence-electron chi connectivity index (χ1n) is 10.3. The van der Waals surface area contributed by atoms with E-state index in [0.717, 1.165) is 0 Å². The van der Waals surface area contributed by atoms with Crippen LogP contribution in [0.5, 0.6) is 0 Å². The summed E-state index contributed by atoms with van der Waals surface area (Å²) in [6.45, 7) is 9.43. The fourth-order valence-corrected chi connectivity index (χ4v) is 2.90. The van der Waals surface area contributed by atoms with E-state index in [0.29, 0.717) is 38.5 Å². The monoisotopic (exact) mass is 426 g/mol. The Morgan fingerprint density at radius 3 is 1.83 bits per heavy atom. The number of carbonyl (C=O) groups excluding carboxylic acids is 4. The third-order valence-electron chi connectivity index (χ3n) is 4.20. The smallest absolute Gasteiger partial charge is 0.243 e. The quantitative estimate of drug-likeness (QED) is 0.112. The van der Waals surface area contributed by atoms with Gasteiger partial charge < -0.3 is 32.2 Å². The molecule has 0 saturated heterocycles. The Kier molecular flexibility index (Phi) is 13.1. The minimum absolute atomic E-state index is 0.0310. The number of hydrogen-bond acceptors (Lipinski definition) is 5.